The zero-order valence-electron chi connectivity index (χ0n) is 23.6. The zero-order chi connectivity index (χ0) is 30.9. The number of sulfonamides is 1. The molecule has 42 heavy (non-hydrogen) atoms. The van der Waals surface area contributed by atoms with E-state index in [0.29, 0.717) is 27.9 Å². The van der Waals surface area contributed by atoms with Gasteiger partial charge in [0.25, 0.3) is 10.0 Å². The molecule has 0 fully saturated rings. The molecule has 0 aliphatic heterocycles. The second-order valence-corrected chi connectivity index (χ2v) is 12.1. The first kappa shape index (κ1) is 33.2. The van der Waals surface area contributed by atoms with Crippen molar-refractivity contribution in [2.24, 2.45) is 0 Å². The van der Waals surface area contributed by atoms with E-state index in [1.165, 1.54) is 48.4 Å². The lowest BCUT2D eigenvalue weighted by Gasteiger charge is -2.33. The molecule has 12 heteroatoms. The van der Waals surface area contributed by atoms with Crippen LogP contribution in [-0.2, 0) is 26.2 Å². The second-order valence-electron chi connectivity index (χ2n) is 9.45. The highest BCUT2D eigenvalue weighted by molar-refractivity contribution is 7.92. The van der Waals surface area contributed by atoms with E-state index in [-0.39, 0.29) is 29.5 Å². The van der Waals surface area contributed by atoms with Gasteiger partial charge in [0, 0.05) is 28.7 Å². The van der Waals surface area contributed by atoms with Crippen LogP contribution < -0.4 is 14.4 Å². The summed E-state index contributed by atoms with van der Waals surface area (Å²) in [6.45, 7) is 3.35. The summed E-state index contributed by atoms with van der Waals surface area (Å²) < 4.78 is 47.6. The highest BCUT2D eigenvalue weighted by atomic mass is 35.5. The molecule has 0 aromatic heterocycles. The fourth-order valence-electron chi connectivity index (χ4n) is 4.29. The summed E-state index contributed by atoms with van der Waals surface area (Å²) in [6, 6.07) is 14.4. The number of benzene rings is 3. The number of unbranched alkanes of at least 4 members (excludes halogenated alkanes) is 1. The second kappa shape index (κ2) is 15.2. The number of hydrogen-bond acceptors (Lipinski definition) is 5. The molecule has 3 rings (SSSR count). The molecule has 0 aliphatic rings. The predicted octanol–water partition coefficient (Wildman–Crippen LogP) is 6.06. The number of nitrogens with zero attached hydrogens (tertiary/aromatic N) is 2. The fraction of sp³-hybridized carbons (Fsp3) is 0.333. The van der Waals surface area contributed by atoms with Gasteiger partial charge in [0.05, 0.1) is 17.7 Å². The van der Waals surface area contributed by atoms with E-state index in [9.17, 15) is 22.4 Å². The van der Waals surface area contributed by atoms with E-state index in [2.05, 4.69) is 5.32 Å². The first-order valence-corrected chi connectivity index (χ1v) is 15.7. The largest absolute Gasteiger partial charge is 0.497 e. The van der Waals surface area contributed by atoms with Gasteiger partial charge in [-0.2, -0.15) is 0 Å². The van der Waals surface area contributed by atoms with Gasteiger partial charge in [-0.25, -0.2) is 12.8 Å². The van der Waals surface area contributed by atoms with Gasteiger partial charge < -0.3 is 15.0 Å². The van der Waals surface area contributed by atoms with Crippen molar-refractivity contribution >= 4 is 50.7 Å². The van der Waals surface area contributed by atoms with Gasteiger partial charge in [0.2, 0.25) is 11.8 Å². The summed E-state index contributed by atoms with van der Waals surface area (Å²) in [5, 5.41) is 3.45. The molecule has 0 saturated carbocycles. The number of hydrogen-bond donors (Lipinski definition) is 1. The molecule has 1 N–H and O–H groups in total. The third kappa shape index (κ3) is 8.14. The molecule has 0 spiro atoms. The third-order valence-electron chi connectivity index (χ3n) is 6.65. The van der Waals surface area contributed by atoms with Gasteiger partial charge in [-0.3, -0.25) is 13.9 Å². The lowest BCUT2D eigenvalue weighted by molar-refractivity contribution is -0.140. The van der Waals surface area contributed by atoms with Crippen LogP contribution >= 0.6 is 23.2 Å². The van der Waals surface area contributed by atoms with E-state index >= 15 is 0 Å². The van der Waals surface area contributed by atoms with Crippen molar-refractivity contribution in [2.75, 3.05) is 24.5 Å². The third-order valence-corrected chi connectivity index (χ3v) is 9.14. The molecule has 0 unspecified atom stereocenters. The highest BCUT2D eigenvalue weighted by Gasteiger charge is 2.34. The topological polar surface area (TPSA) is 96.0 Å². The van der Waals surface area contributed by atoms with E-state index < -0.39 is 34.3 Å². The van der Waals surface area contributed by atoms with Gasteiger partial charge in [-0.1, -0.05) is 49.5 Å². The van der Waals surface area contributed by atoms with Crippen molar-refractivity contribution in [1.82, 2.24) is 10.2 Å². The van der Waals surface area contributed by atoms with Crippen molar-refractivity contribution in [3.8, 4) is 5.75 Å². The Kier molecular flexibility index (Phi) is 12.0. The van der Waals surface area contributed by atoms with Crippen molar-refractivity contribution in [2.45, 2.75) is 50.6 Å². The minimum atomic E-state index is -4.32. The van der Waals surface area contributed by atoms with Crippen LogP contribution in [0.15, 0.2) is 71.6 Å². The van der Waals surface area contributed by atoms with Gasteiger partial charge in [0.1, 0.15) is 24.2 Å². The molecule has 0 heterocycles. The van der Waals surface area contributed by atoms with Gasteiger partial charge in [-0.05, 0) is 73.5 Å². The van der Waals surface area contributed by atoms with Crippen LogP contribution in [0.1, 0.15) is 38.7 Å². The number of amides is 2. The van der Waals surface area contributed by atoms with Crippen LogP contribution in [0.2, 0.25) is 10.0 Å². The Bertz CT molecular complexity index is 1450. The lowest BCUT2D eigenvalue weighted by atomic mass is 10.1. The van der Waals surface area contributed by atoms with Crippen molar-refractivity contribution in [1.29, 1.82) is 0 Å². The molecule has 0 radical (unpaired) electrons. The number of carbonyl (C=O) groups excluding carboxylic acids is 2. The quantitative estimate of drug-likeness (QED) is 0.217. The van der Waals surface area contributed by atoms with Crippen molar-refractivity contribution < 1.29 is 27.1 Å². The molecule has 3 aromatic rings. The average Bonchev–Trinajstić information content (AvgIpc) is 2.97. The van der Waals surface area contributed by atoms with E-state index in [0.717, 1.165) is 29.3 Å². The molecule has 1 atom stereocenters. The number of anilines is 1. The highest BCUT2D eigenvalue weighted by Crippen LogP contribution is 2.29. The lowest BCUT2D eigenvalue weighted by Crippen LogP contribution is -2.52. The number of halogens is 3. The van der Waals surface area contributed by atoms with Gasteiger partial charge in [0.15, 0.2) is 0 Å². The molecule has 226 valence electrons. The maximum atomic E-state index is 14.1. The Morgan fingerprint density at radius 2 is 1.60 bits per heavy atom. The smallest absolute Gasteiger partial charge is 0.264 e. The molecule has 2 amide bonds. The van der Waals surface area contributed by atoms with Crippen LogP contribution in [0.25, 0.3) is 0 Å². The summed E-state index contributed by atoms with van der Waals surface area (Å²) in [6.07, 6.45) is 1.86. The maximum Gasteiger partial charge on any atom is 0.264 e. The van der Waals surface area contributed by atoms with Crippen LogP contribution in [0.4, 0.5) is 10.1 Å². The molecule has 8 nitrogen and oxygen atoms in total. The minimum Gasteiger partial charge on any atom is -0.497 e. The Balaban J connectivity index is 2.07. The van der Waals surface area contributed by atoms with Crippen LogP contribution in [0.5, 0.6) is 5.75 Å². The predicted molar refractivity (Wildman–Crippen MR) is 163 cm³/mol. The summed E-state index contributed by atoms with van der Waals surface area (Å²) in [4.78, 5) is 28.5. The van der Waals surface area contributed by atoms with Crippen LogP contribution in [0, 0.1) is 5.82 Å². The Morgan fingerprint density at radius 3 is 2.14 bits per heavy atom. The van der Waals surface area contributed by atoms with Crippen LogP contribution in [0.3, 0.4) is 0 Å². The average molecular weight is 639 g/mol. The number of ether oxygens (including phenoxy) is 1. The number of nitrogens with one attached hydrogen (secondary N) is 1. The van der Waals surface area contributed by atoms with Gasteiger partial charge in [-0.15, -0.1) is 0 Å². The Morgan fingerprint density at radius 1 is 0.976 bits per heavy atom. The van der Waals surface area contributed by atoms with Gasteiger partial charge >= 0.3 is 0 Å². The maximum absolute atomic E-state index is 14.1. The standard InChI is InChI=1S/C30H34Cl2FN3O5S/c1-4-6-18-34-30(38)28(5-2)35(19-25-26(31)8-7-9-27(25)32)29(37)20-36(22-12-10-21(33)11-13-22)42(39,40)24-16-14-23(41-3)15-17-24/h7-17,28H,4-6,18-20H2,1-3H3,(H,34,38)/t28-/m1/s1. The van der Waals surface area contributed by atoms with Crippen molar-refractivity contribution in [3.05, 3.63) is 88.2 Å². The molecule has 0 saturated heterocycles. The molecule has 3 aromatic carbocycles. The van der Waals surface area contributed by atoms with E-state index in [1.54, 1.807) is 25.1 Å². The monoisotopic (exact) mass is 637 g/mol. The molecular formula is C30H34Cl2FN3O5S. The summed E-state index contributed by atoms with van der Waals surface area (Å²) >= 11 is 12.9. The first-order valence-electron chi connectivity index (χ1n) is 13.5. The number of rotatable bonds is 14. The Hall–Kier alpha value is -3.34. The van der Waals surface area contributed by atoms with E-state index in [4.69, 9.17) is 27.9 Å². The SMILES string of the molecule is CCCCNC(=O)[C@@H](CC)N(Cc1c(Cl)cccc1Cl)C(=O)CN(c1ccc(F)cc1)S(=O)(=O)c1ccc(OC)cc1. The summed E-state index contributed by atoms with van der Waals surface area (Å²) in [5.41, 5.74) is 0.483. The first-order chi connectivity index (χ1) is 20.0. The van der Waals surface area contributed by atoms with Crippen LogP contribution in [-0.4, -0.2) is 51.4 Å². The van der Waals surface area contributed by atoms with Crippen molar-refractivity contribution in [3.63, 3.8) is 0 Å². The zero-order valence-corrected chi connectivity index (χ0v) is 26.0. The molecular weight excluding hydrogens is 604 g/mol. The molecule has 0 aliphatic carbocycles. The normalized spacial score (nSPS) is 12.0. The summed E-state index contributed by atoms with van der Waals surface area (Å²) in [5.74, 6) is -1.18. The molecule has 0 bridgehead atoms. The fourth-order valence-corrected chi connectivity index (χ4v) is 6.22. The number of methoxy groups -OCH3 is 1. The Labute approximate surface area is 256 Å². The minimum absolute atomic E-state index is 0.0664. The van der Waals surface area contributed by atoms with E-state index in [1.807, 2.05) is 6.92 Å². The number of carbonyl (C=O) groups is 2. The summed E-state index contributed by atoms with van der Waals surface area (Å²) in [7, 11) is -2.87.